The van der Waals surface area contributed by atoms with E-state index in [0.717, 1.165) is 17.9 Å². The number of rotatable bonds is 8. The Hall–Kier alpha value is -2.07. The van der Waals surface area contributed by atoms with Gasteiger partial charge in [0.05, 0.1) is 13.1 Å². The molecule has 24 heavy (non-hydrogen) atoms. The Bertz CT molecular complexity index is 644. The molecule has 0 radical (unpaired) electrons. The standard InChI is InChI=1S/C20H28N2O2/c1-15(2)18-8-6-17(7-9-18)11-12-21-20(23)14-22(4)13-19-10-5-16(3)24-19/h5-10,15H,11-14H2,1-4H3,(H,21,23). The Morgan fingerprint density at radius 2 is 1.88 bits per heavy atom. The van der Waals surface area contributed by atoms with Gasteiger partial charge in [0, 0.05) is 6.54 Å². The van der Waals surface area contributed by atoms with Crippen LogP contribution in [0.15, 0.2) is 40.8 Å². The van der Waals surface area contributed by atoms with E-state index in [4.69, 9.17) is 4.42 Å². The number of nitrogens with zero attached hydrogens (tertiary/aromatic N) is 1. The fraction of sp³-hybridized carbons (Fsp3) is 0.450. The maximum absolute atomic E-state index is 12.0. The summed E-state index contributed by atoms with van der Waals surface area (Å²) in [5.74, 6) is 2.37. The molecular formula is C20H28N2O2. The molecule has 130 valence electrons. The lowest BCUT2D eigenvalue weighted by atomic mass is 10.0. The SMILES string of the molecule is Cc1ccc(CN(C)CC(=O)NCCc2ccc(C(C)C)cc2)o1. The van der Waals surface area contributed by atoms with Gasteiger partial charge < -0.3 is 9.73 Å². The van der Waals surface area contributed by atoms with Crippen LogP contribution in [0.5, 0.6) is 0 Å². The molecule has 1 aromatic carbocycles. The van der Waals surface area contributed by atoms with Gasteiger partial charge in [-0.15, -0.1) is 0 Å². The van der Waals surface area contributed by atoms with Gasteiger partial charge in [0.1, 0.15) is 11.5 Å². The van der Waals surface area contributed by atoms with Crippen LogP contribution in [-0.4, -0.2) is 30.9 Å². The molecule has 4 heteroatoms. The van der Waals surface area contributed by atoms with Crippen molar-refractivity contribution in [3.05, 3.63) is 59.0 Å². The molecule has 0 bridgehead atoms. The molecule has 0 fully saturated rings. The molecule has 0 saturated carbocycles. The first-order valence-electron chi connectivity index (χ1n) is 8.53. The molecule has 0 aliphatic heterocycles. The van der Waals surface area contributed by atoms with Crippen LogP contribution in [0.3, 0.4) is 0 Å². The van der Waals surface area contributed by atoms with Crippen molar-refractivity contribution in [1.29, 1.82) is 0 Å². The van der Waals surface area contributed by atoms with Gasteiger partial charge >= 0.3 is 0 Å². The van der Waals surface area contributed by atoms with Crippen molar-refractivity contribution in [2.24, 2.45) is 0 Å². The zero-order chi connectivity index (χ0) is 17.5. The number of amides is 1. The minimum atomic E-state index is 0.0413. The normalized spacial score (nSPS) is 11.2. The first kappa shape index (κ1) is 18.3. The van der Waals surface area contributed by atoms with E-state index in [1.165, 1.54) is 11.1 Å². The number of aryl methyl sites for hydroxylation is 1. The van der Waals surface area contributed by atoms with Crippen LogP contribution in [0.2, 0.25) is 0 Å². The Balaban J connectivity index is 1.69. The summed E-state index contributed by atoms with van der Waals surface area (Å²) in [7, 11) is 1.92. The van der Waals surface area contributed by atoms with Gasteiger partial charge in [-0.2, -0.15) is 0 Å². The van der Waals surface area contributed by atoms with Crippen molar-refractivity contribution in [1.82, 2.24) is 10.2 Å². The van der Waals surface area contributed by atoms with E-state index in [1.54, 1.807) is 0 Å². The first-order valence-corrected chi connectivity index (χ1v) is 8.53. The average Bonchev–Trinajstić information content (AvgIpc) is 2.92. The number of furan rings is 1. The Morgan fingerprint density at radius 1 is 1.17 bits per heavy atom. The van der Waals surface area contributed by atoms with E-state index in [1.807, 2.05) is 31.0 Å². The molecule has 0 aliphatic rings. The molecule has 0 atom stereocenters. The highest BCUT2D eigenvalue weighted by Crippen LogP contribution is 2.14. The third-order valence-electron chi connectivity index (χ3n) is 4.02. The fourth-order valence-corrected chi connectivity index (χ4v) is 2.61. The lowest BCUT2D eigenvalue weighted by Gasteiger charge is -2.15. The third kappa shape index (κ3) is 5.85. The molecule has 2 rings (SSSR count). The van der Waals surface area contributed by atoms with Crippen molar-refractivity contribution >= 4 is 5.91 Å². The van der Waals surface area contributed by atoms with E-state index in [9.17, 15) is 4.79 Å². The summed E-state index contributed by atoms with van der Waals surface area (Å²) in [6.45, 7) is 7.97. The summed E-state index contributed by atoms with van der Waals surface area (Å²) in [4.78, 5) is 13.9. The predicted octanol–water partition coefficient (Wildman–Crippen LogP) is 3.50. The quantitative estimate of drug-likeness (QED) is 0.806. The number of hydrogen-bond acceptors (Lipinski definition) is 3. The molecule has 1 N–H and O–H groups in total. The van der Waals surface area contributed by atoms with Crippen LogP contribution in [0.1, 0.15) is 42.4 Å². The molecule has 0 saturated heterocycles. The highest BCUT2D eigenvalue weighted by Gasteiger charge is 2.09. The van der Waals surface area contributed by atoms with Gasteiger partial charge in [0.2, 0.25) is 5.91 Å². The second kappa shape index (κ2) is 8.69. The smallest absolute Gasteiger partial charge is 0.234 e. The number of hydrogen-bond donors (Lipinski definition) is 1. The summed E-state index contributed by atoms with van der Waals surface area (Å²) in [5, 5.41) is 2.98. The van der Waals surface area contributed by atoms with Crippen LogP contribution in [0.4, 0.5) is 0 Å². The van der Waals surface area contributed by atoms with Gasteiger partial charge in [-0.3, -0.25) is 9.69 Å². The second-order valence-electron chi connectivity index (χ2n) is 6.68. The topological polar surface area (TPSA) is 45.5 Å². The monoisotopic (exact) mass is 328 g/mol. The van der Waals surface area contributed by atoms with Crippen molar-refractivity contribution in [3.63, 3.8) is 0 Å². The average molecular weight is 328 g/mol. The summed E-state index contributed by atoms with van der Waals surface area (Å²) < 4.78 is 5.53. The minimum Gasteiger partial charge on any atom is -0.465 e. The largest absolute Gasteiger partial charge is 0.465 e. The number of carbonyl (C=O) groups is 1. The van der Waals surface area contributed by atoms with Crippen LogP contribution in [0, 0.1) is 6.92 Å². The van der Waals surface area contributed by atoms with E-state index in [2.05, 4.69) is 43.4 Å². The lowest BCUT2D eigenvalue weighted by Crippen LogP contribution is -2.35. The van der Waals surface area contributed by atoms with Gasteiger partial charge in [0.25, 0.3) is 0 Å². The van der Waals surface area contributed by atoms with E-state index in [0.29, 0.717) is 25.6 Å². The highest BCUT2D eigenvalue weighted by molar-refractivity contribution is 5.77. The second-order valence-corrected chi connectivity index (χ2v) is 6.68. The van der Waals surface area contributed by atoms with E-state index < -0.39 is 0 Å². The number of carbonyl (C=O) groups excluding carboxylic acids is 1. The van der Waals surface area contributed by atoms with Crippen LogP contribution >= 0.6 is 0 Å². The summed E-state index contributed by atoms with van der Waals surface area (Å²) >= 11 is 0. The lowest BCUT2D eigenvalue weighted by molar-refractivity contribution is -0.122. The summed E-state index contributed by atoms with van der Waals surface area (Å²) in [6.07, 6.45) is 0.852. The molecule has 0 spiro atoms. The fourth-order valence-electron chi connectivity index (χ4n) is 2.61. The Labute approximate surface area is 144 Å². The minimum absolute atomic E-state index is 0.0413. The molecule has 1 amide bonds. The number of likely N-dealkylation sites (N-methyl/N-ethyl adjacent to an activating group) is 1. The van der Waals surface area contributed by atoms with Crippen LogP contribution in [0.25, 0.3) is 0 Å². The Kier molecular flexibility index (Phi) is 6.62. The van der Waals surface area contributed by atoms with Gasteiger partial charge in [0.15, 0.2) is 0 Å². The number of benzene rings is 1. The molecule has 1 heterocycles. The number of nitrogens with one attached hydrogen (secondary N) is 1. The summed E-state index contributed by atoms with van der Waals surface area (Å²) in [6, 6.07) is 12.5. The third-order valence-corrected chi connectivity index (χ3v) is 4.02. The first-order chi connectivity index (χ1) is 11.4. The van der Waals surface area contributed by atoms with Gasteiger partial charge in [-0.05, 0) is 49.6 Å². The van der Waals surface area contributed by atoms with Crippen molar-refractivity contribution in [2.75, 3.05) is 20.1 Å². The van der Waals surface area contributed by atoms with Crippen LogP contribution < -0.4 is 5.32 Å². The van der Waals surface area contributed by atoms with Crippen molar-refractivity contribution < 1.29 is 9.21 Å². The van der Waals surface area contributed by atoms with Gasteiger partial charge in [-0.25, -0.2) is 0 Å². The predicted molar refractivity (Wildman–Crippen MR) is 97.0 cm³/mol. The molecule has 4 nitrogen and oxygen atoms in total. The van der Waals surface area contributed by atoms with Crippen molar-refractivity contribution in [3.8, 4) is 0 Å². The molecule has 2 aromatic rings. The maximum Gasteiger partial charge on any atom is 0.234 e. The molecule has 0 unspecified atom stereocenters. The van der Waals surface area contributed by atoms with Crippen LogP contribution in [-0.2, 0) is 17.8 Å². The molecular weight excluding hydrogens is 300 g/mol. The zero-order valence-corrected chi connectivity index (χ0v) is 15.1. The zero-order valence-electron chi connectivity index (χ0n) is 15.1. The van der Waals surface area contributed by atoms with E-state index in [-0.39, 0.29) is 5.91 Å². The molecule has 1 aromatic heterocycles. The van der Waals surface area contributed by atoms with Crippen molar-refractivity contribution in [2.45, 2.75) is 39.7 Å². The van der Waals surface area contributed by atoms with E-state index >= 15 is 0 Å². The van der Waals surface area contributed by atoms with Gasteiger partial charge in [-0.1, -0.05) is 38.1 Å². The molecule has 0 aliphatic carbocycles. The maximum atomic E-state index is 12.0. The summed E-state index contributed by atoms with van der Waals surface area (Å²) in [5.41, 5.74) is 2.59. The Morgan fingerprint density at radius 3 is 2.46 bits per heavy atom. The highest BCUT2D eigenvalue weighted by atomic mass is 16.3.